The molecule has 12 heteroatoms. The average molecular weight is 582 g/mol. The van der Waals surface area contributed by atoms with Crippen molar-refractivity contribution in [1.29, 1.82) is 0 Å². The van der Waals surface area contributed by atoms with E-state index in [2.05, 4.69) is 58.3 Å². The van der Waals surface area contributed by atoms with Crippen molar-refractivity contribution in [3.8, 4) is 0 Å². The lowest BCUT2D eigenvalue weighted by Crippen LogP contribution is -2.42. The molecule has 0 bridgehead atoms. The van der Waals surface area contributed by atoms with Crippen LogP contribution < -0.4 is 33.6 Å². The van der Waals surface area contributed by atoms with E-state index in [0.717, 1.165) is 51.6 Å². The molecule has 0 heterocycles. The predicted octanol–water partition coefficient (Wildman–Crippen LogP) is 4.26. The van der Waals surface area contributed by atoms with Crippen LogP contribution in [0, 0.1) is 11.8 Å². The quantitative estimate of drug-likeness (QED) is 0.0754. The molecule has 0 rings (SSSR count). The van der Waals surface area contributed by atoms with Gasteiger partial charge < -0.3 is 22.9 Å². The molecule has 0 aliphatic heterocycles. The maximum atomic E-state index is 5.93. The fourth-order valence-corrected chi connectivity index (χ4v) is 3.69. The van der Waals surface area contributed by atoms with Gasteiger partial charge in [0.2, 0.25) is 0 Å². The van der Waals surface area contributed by atoms with Gasteiger partial charge in [-0.2, -0.15) is 0 Å². The van der Waals surface area contributed by atoms with Gasteiger partial charge in [0.05, 0.1) is 0 Å². The Labute approximate surface area is 244 Å². The summed E-state index contributed by atoms with van der Waals surface area (Å²) in [5, 5.41) is 5.76. The molecule has 0 aromatic carbocycles. The largest absolute Gasteiger partial charge is 0.370 e. The summed E-state index contributed by atoms with van der Waals surface area (Å²) >= 11 is 0. The monoisotopic (exact) mass is 580 g/mol. The first kappa shape index (κ1) is 40.6. The molecule has 0 aliphatic rings. The molecule has 0 radical (unpaired) electrons. The van der Waals surface area contributed by atoms with E-state index < -0.39 is 0 Å². The third-order valence-electron chi connectivity index (χ3n) is 6.27. The maximum absolute atomic E-state index is 5.93. The van der Waals surface area contributed by atoms with Gasteiger partial charge in [0.25, 0.3) is 0 Å². The molecule has 38 heavy (non-hydrogen) atoms. The summed E-state index contributed by atoms with van der Waals surface area (Å²) in [7, 11) is 0. The van der Waals surface area contributed by atoms with E-state index in [1.54, 1.807) is 0 Å². The van der Waals surface area contributed by atoms with Gasteiger partial charge >= 0.3 is 0 Å². The molecule has 0 fully saturated rings. The fourth-order valence-electron chi connectivity index (χ4n) is 3.69. The first-order valence-electron chi connectivity index (χ1n) is 14.1. The smallest absolute Gasteiger partial charge is 0.195 e. The summed E-state index contributed by atoms with van der Waals surface area (Å²) < 4.78 is 0. The number of hydrogen-bond donors (Lipinski definition) is 6. The Balaban J connectivity index is -0.00000612. The number of nitrogens with zero attached hydrogens (tertiary/aromatic N) is 4. The number of unbranched alkanes of at least 4 members (excludes halogenated alkanes) is 5. The summed E-state index contributed by atoms with van der Waals surface area (Å²) in [4.78, 5) is 17.5. The molecule has 0 saturated carbocycles. The number of guanidine groups is 4. The van der Waals surface area contributed by atoms with Crippen molar-refractivity contribution in [3.05, 3.63) is 0 Å². The fraction of sp³-hybridized carbons (Fsp3) is 0.846. The van der Waals surface area contributed by atoms with Crippen molar-refractivity contribution in [2.24, 2.45) is 54.7 Å². The van der Waals surface area contributed by atoms with E-state index in [4.69, 9.17) is 22.9 Å². The molecule has 10 nitrogen and oxygen atoms in total. The molecular weight excluding hydrogens is 523 g/mol. The zero-order chi connectivity index (χ0) is 27.0. The summed E-state index contributed by atoms with van der Waals surface area (Å²) in [6.07, 6.45) is 13.4. The van der Waals surface area contributed by atoms with Gasteiger partial charge in [0, 0.05) is 26.2 Å². The van der Waals surface area contributed by atoms with Crippen LogP contribution in [0.4, 0.5) is 0 Å². The second-order valence-electron chi connectivity index (χ2n) is 9.48. The van der Waals surface area contributed by atoms with Crippen molar-refractivity contribution in [2.45, 2.75) is 105 Å². The Morgan fingerprint density at radius 2 is 0.868 bits per heavy atom. The first-order chi connectivity index (χ1) is 17.4. The van der Waals surface area contributed by atoms with Gasteiger partial charge in [-0.3, -0.25) is 30.6 Å². The van der Waals surface area contributed by atoms with E-state index in [1.807, 2.05) is 0 Å². The Kier molecular flexibility index (Phi) is 30.0. The SMILES string of the molecule is CCCC[C@@H](CC)CN=C(N)NC(N)=NCCCCCCN=C(N)NC(N)=NC[C@@H](CC)CCCC.Cl.Cl. The van der Waals surface area contributed by atoms with E-state index >= 15 is 0 Å². The molecule has 0 saturated heterocycles. The van der Waals surface area contributed by atoms with Crippen molar-refractivity contribution >= 4 is 48.7 Å². The maximum Gasteiger partial charge on any atom is 0.195 e. The van der Waals surface area contributed by atoms with Gasteiger partial charge in [0.15, 0.2) is 23.8 Å². The molecule has 0 aromatic rings. The molecule has 226 valence electrons. The Bertz CT molecular complexity index is 612. The lowest BCUT2D eigenvalue weighted by Gasteiger charge is -2.12. The highest BCUT2D eigenvalue weighted by Gasteiger charge is 2.06. The van der Waals surface area contributed by atoms with Gasteiger partial charge in [0.1, 0.15) is 0 Å². The van der Waals surface area contributed by atoms with E-state index in [1.165, 1.54) is 38.5 Å². The van der Waals surface area contributed by atoms with Gasteiger partial charge in [-0.1, -0.05) is 79.1 Å². The van der Waals surface area contributed by atoms with E-state index in [-0.39, 0.29) is 24.8 Å². The molecule has 0 amide bonds. The summed E-state index contributed by atoms with van der Waals surface area (Å²) in [6, 6.07) is 0. The minimum atomic E-state index is 0. The minimum absolute atomic E-state index is 0. The van der Waals surface area contributed by atoms with Crippen molar-refractivity contribution in [2.75, 3.05) is 26.2 Å². The minimum Gasteiger partial charge on any atom is -0.370 e. The van der Waals surface area contributed by atoms with Crippen LogP contribution in [0.1, 0.15) is 105 Å². The van der Waals surface area contributed by atoms with Crippen LogP contribution in [-0.4, -0.2) is 50.0 Å². The number of halogens is 2. The molecule has 2 atom stereocenters. The van der Waals surface area contributed by atoms with Crippen molar-refractivity contribution < 1.29 is 0 Å². The van der Waals surface area contributed by atoms with Crippen LogP contribution in [0.15, 0.2) is 20.0 Å². The summed E-state index contributed by atoms with van der Waals surface area (Å²) in [6.45, 7) is 11.5. The second-order valence-corrected chi connectivity index (χ2v) is 9.48. The number of nitrogens with two attached hydrogens (primary N) is 4. The Morgan fingerprint density at radius 3 is 1.18 bits per heavy atom. The topological polar surface area (TPSA) is 178 Å². The van der Waals surface area contributed by atoms with Crippen LogP contribution in [0.3, 0.4) is 0 Å². The highest BCUT2D eigenvalue weighted by Crippen LogP contribution is 2.13. The molecule has 0 unspecified atom stereocenters. The number of hydrogen-bond acceptors (Lipinski definition) is 4. The lowest BCUT2D eigenvalue weighted by molar-refractivity contribution is 0.462. The van der Waals surface area contributed by atoms with Gasteiger partial charge in [-0.15, -0.1) is 24.8 Å². The predicted molar refractivity (Wildman–Crippen MR) is 172 cm³/mol. The summed E-state index contributed by atoms with van der Waals surface area (Å²) in [5.41, 5.74) is 23.7. The zero-order valence-corrected chi connectivity index (χ0v) is 26.0. The molecular formula is C26H58Cl2N10. The zero-order valence-electron chi connectivity index (χ0n) is 24.4. The normalized spacial score (nSPS) is 14.3. The Hall–Kier alpha value is -1.94. The van der Waals surface area contributed by atoms with Crippen LogP contribution in [0.25, 0.3) is 0 Å². The van der Waals surface area contributed by atoms with Crippen molar-refractivity contribution in [1.82, 2.24) is 10.6 Å². The van der Waals surface area contributed by atoms with Crippen LogP contribution in [0.5, 0.6) is 0 Å². The summed E-state index contributed by atoms with van der Waals surface area (Å²) in [5.74, 6) is 2.44. The van der Waals surface area contributed by atoms with E-state index in [0.29, 0.717) is 48.8 Å². The van der Waals surface area contributed by atoms with Gasteiger partial charge in [-0.25, -0.2) is 0 Å². The standard InChI is InChI=1S/C26H56N10.2ClH/c1-5-9-15-21(7-3)19-33-25(29)35-23(27)31-17-13-11-12-14-18-32-24(28)36-26(30)34-20-22(8-4)16-10-6-2;;/h21-22H,5-20H2,1-4H3,(H5,27,29,31,33,35)(H5,28,30,32,34,36);2*1H/t21-,22+;;. The number of nitrogens with one attached hydrogen (secondary N) is 2. The number of rotatable bonds is 19. The molecule has 0 aliphatic carbocycles. The van der Waals surface area contributed by atoms with Gasteiger partial charge in [-0.05, 0) is 37.5 Å². The third kappa shape index (κ3) is 24.4. The first-order valence-corrected chi connectivity index (χ1v) is 14.1. The third-order valence-corrected chi connectivity index (χ3v) is 6.27. The molecule has 0 spiro atoms. The van der Waals surface area contributed by atoms with Crippen molar-refractivity contribution in [3.63, 3.8) is 0 Å². The van der Waals surface area contributed by atoms with E-state index in [9.17, 15) is 0 Å². The highest BCUT2D eigenvalue weighted by molar-refractivity contribution is 5.97. The number of aliphatic imine (C=N–C) groups is 4. The molecule has 10 N–H and O–H groups in total. The lowest BCUT2D eigenvalue weighted by atomic mass is 10.00. The van der Waals surface area contributed by atoms with Crippen LogP contribution in [-0.2, 0) is 0 Å². The average Bonchev–Trinajstić information content (AvgIpc) is 2.85. The van der Waals surface area contributed by atoms with Crippen LogP contribution >= 0.6 is 24.8 Å². The second kappa shape index (κ2) is 28.1. The Morgan fingerprint density at radius 1 is 0.526 bits per heavy atom. The van der Waals surface area contributed by atoms with Crippen LogP contribution in [0.2, 0.25) is 0 Å². The highest BCUT2D eigenvalue weighted by atomic mass is 35.5. The molecule has 0 aromatic heterocycles.